The predicted molar refractivity (Wildman–Crippen MR) is 107 cm³/mol. The number of aromatic nitrogens is 4. The smallest absolute Gasteiger partial charge is 0.230 e. The first kappa shape index (κ1) is 18.2. The molecule has 28 heavy (non-hydrogen) atoms. The molecule has 1 amide bonds. The normalized spacial score (nSPS) is 15.5. The van der Waals surface area contributed by atoms with Gasteiger partial charge in [-0.1, -0.05) is 37.3 Å². The lowest BCUT2D eigenvalue weighted by atomic mass is 9.95. The lowest BCUT2D eigenvalue weighted by Gasteiger charge is -2.37. The van der Waals surface area contributed by atoms with Crippen LogP contribution in [0.2, 0.25) is 0 Å². The van der Waals surface area contributed by atoms with Crippen molar-refractivity contribution in [1.29, 1.82) is 0 Å². The number of hydrogen-bond acceptors (Lipinski definition) is 5. The van der Waals surface area contributed by atoms with Gasteiger partial charge in [0.1, 0.15) is 12.1 Å². The molecule has 0 saturated carbocycles. The summed E-state index contributed by atoms with van der Waals surface area (Å²) in [5.41, 5.74) is 1.09. The maximum atomic E-state index is 13.1. The highest BCUT2D eigenvalue weighted by molar-refractivity contribution is 5.84. The Hall–Kier alpha value is -3.22. The molecule has 1 atom stereocenters. The number of hydrogen-bond donors (Lipinski definition) is 0. The third kappa shape index (κ3) is 3.74. The van der Waals surface area contributed by atoms with E-state index in [1.807, 2.05) is 53.6 Å². The van der Waals surface area contributed by atoms with E-state index in [0.29, 0.717) is 13.1 Å². The fourth-order valence-corrected chi connectivity index (χ4v) is 3.65. The molecule has 1 aliphatic rings. The Morgan fingerprint density at radius 1 is 1.04 bits per heavy atom. The van der Waals surface area contributed by atoms with E-state index in [-0.39, 0.29) is 11.8 Å². The van der Waals surface area contributed by atoms with Gasteiger partial charge in [-0.15, -0.1) is 0 Å². The highest BCUT2D eigenvalue weighted by Gasteiger charge is 2.28. The van der Waals surface area contributed by atoms with Crippen LogP contribution in [0.1, 0.15) is 24.8 Å². The second kappa shape index (κ2) is 8.21. The third-order valence-corrected chi connectivity index (χ3v) is 5.20. The van der Waals surface area contributed by atoms with E-state index in [1.165, 1.54) is 0 Å². The molecule has 1 saturated heterocycles. The van der Waals surface area contributed by atoms with E-state index in [1.54, 1.807) is 17.2 Å². The average Bonchev–Trinajstić information content (AvgIpc) is 3.30. The molecule has 7 heteroatoms. The lowest BCUT2D eigenvalue weighted by molar-refractivity contribution is -0.133. The van der Waals surface area contributed by atoms with Gasteiger partial charge in [0, 0.05) is 44.6 Å². The van der Waals surface area contributed by atoms with Crippen molar-refractivity contribution < 1.29 is 4.79 Å². The summed E-state index contributed by atoms with van der Waals surface area (Å²) < 4.78 is 1.72. The van der Waals surface area contributed by atoms with Gasteiger partial charge >= 0.3 is 0 Å². The molecule has 0 radical (unpaired) electrons. The zero-order valence-corrected chi connectivity index (χ0v) is 16.0. The van der Waals surface area contributed by atoms with E-state index in [9.17, 15) is 4.79 Å². The summed E-state index contributed by atoms with van der Waals surface area (Å²) in [6, 6.07) is 13.9. The summed E-state index contributed by atoms with van der Waals surface area (Å²) in [6.07, 6.45) is 5.95. The maximum Gasteiger partial charge on any atom is 0.230 e. The van der Waals surface area contributed by atoms with Gasteiger partial charge in [0.05, 0.1) is 5.92 Å². The molecule has 1 aromatic carbocycles. The zero-order chi connectivity index (χ0) is 19.3. The zero-order valence-electron chi connectivity index (χ0n) is 16.0. The Morgan fingerprint density at radius 2 is 1.79 bits per heavy atom. The first-order valence-corrected chi connectivity index (χ1v) is 9.67. The Labute approximate surface area is 164 Å². The lowest BCUT2D eigenvalue weighted by Crippen LogP contribution is -2.50. The van der Waals surface area contributed by atoms with Crippen LogP contribution in [-0.4, -0.2) is 56.7 Å². The van der Waals surface area contributed by atoms with Crippen molar-refractivity contribution in [1.82, 2.24) is 24.6 Å². The van der Waals surface area contributed by atoms with Crippen molar-refractivity contribution in [3.63, 3.8) is 0 Å². The Morgan fingerprint density at radius 3 is 2.46 bits per heavy atom. The van der Waals surface area contributed by atoms with Gasteiger partial charge in [-0.2, -0.15) is 5.10 Å². The van der Waals surface area contributed by atoms with Gasteiger partial charge in [-0.3, -0.25) is 4.79 Å². The first-order valence-electron chi connectivity index (χ1n) is 9.67. The number of benzene rings is 1. The van der Waals surface area contributed by atoms with Gasteiger partial charge in [-0.25, -0.2) is 14.6 Å². The van der Waals surface area contributed by atoms with Crippen LogP contribution in [0.25, 0.3) is 5.82 Å². The van der Waals surface area contributed by atoms with Gasteiger partial charge in [0.2, 0.25) is 5.91 Å². The standard InChI is InChI=1S/C21H24N6O/c1-2-18(17-7-4-3-5-8-17)21(28)26-13-11-25(12-14-26)19-15-20(23-16-22-19)27-10-6-9-24-27/h3-10,15-16,18H,2,11-14H2,1H3. The van der Waals surface area contributed by atoms with Crippen LogP contribution in [-0.2, 0) is 4.79 Å². The van der Waals surface area contributed by atoms with E-state index < -0.39 is 0 Å². The second-order valence-electron chi connectivity index (χ2n) is 6.87. The molecule has 3 heterocycles. The molecular weight excluding hydrogens is 352 g/mol. The fraction of sp³-hybridized carbons (Fsp3) is 0.333. The first-order chi connectivity index (χ1) is 13.8. The van der Waals surface area contributed by atoms with Crippen molar-refractivity contribution in [2.75, 3.05) is 31.1 Å². The molecule has 0 spiro atoms. The van der Waals surface area contributed by atoms with Gasteiger partial charge in [-0.05, 0) is 18.1 Å². The van der Waals surface area contributed by atoms with Crippen LogP contribution < -0.4 is 4.90 Å². The summed E-state index contributed by atoms with van der Waals surface area (Å²) in [6.45, 7) is 4.98. The quantitative estimate of drug-likeness (QED) is 0.684. The molecular formula is C21H24N6O. The maximum absolute atomic E-state index is 13.1. The second-order valence-corrected chi connectivity index (χ2v) is 6.87. The van der Waals surface area contributed by atoms with E-state index in [0.717, 1.165) is 36.7 Å². The fourth-order valence-electron chi connectivity index (χ4n) is 3.65. The number of carbonyl (C=O) groups is 1. The molecule has 0 N–H and O–H groups in total. The van der Waals surface area contributed by atoms with Crippen LogP contribution in [0.3, 0.4) is 0 Å². The molecule has 7 nitrogen and oxygen atoms in total. The summed E-state index contributed by atoms with van der Waals surface area (Å²) in [5.74, 6) is 1.75. The number of nitrogens with zero attached hydrogens (tertiary/aromatic N) is 6. The number of carbonyl (C=O) groups excluding carboxylic acids is 1. The largest absolute Gasteiger partial charge is 0.353 e. The summed E-state index contributed by atoms with van der Waals surface area (Å²) in [7, 11) is 0. The molecule has 0 bridgehead atoms. The summed E-state index contributed by atoms with van der Waals surface area (Å²) >= 11 is 0. The minimum Gasteiger partial charge on any atom is -0.353 e. The summed E-state index contributed by atoms with van der Waals surface area (Å²) in [5, 5.41) is 4.22. The molecule has 0 aliphatic carbocycles. The third-order valence-electron chi connectivity index (χ3n) is 5.20. The SMILES string of the molecule is CCC(C(=O)N1CCN(c2cc(-n3cccn3)ncn2)CC1)c1ccccc1. The van der Waals surface area contributed by atoms with Crippen LogP contribution in [0, 0.1) is 0 Å². The number of amides is 1. The molecule has 1 aliphatic heterocycles. The molecule has 4 rings (SSSR count). The highest BCUT2D eigenvalue weighted by atomic mass is 16.2. The minimum absolute atomic E-state index is 0.0711. The van der Waals surface area contributed by atoms with Gasteiger partial charge in [0.15, 0.2) is 5.82 Å². The van der Waals surface area contributed by atoms with Crippen LogP contribution in [0.15, 0.2) is 61.2 Å². The molecule has 1 fully saturated rings. The monoisotopic (exact) mass is 376 g/mol. The Kier molecular flexibility index (Phi) is 5.32. The van der Waals surface area contributed by atoms with Crippen molar-refractivity contribution in [3.05, 3.63) is 66.7 Å². The van der Waals surface area contributed by atoms with E-state index in [4.69, 9.17) is 0 Å². The average molecular weight is 376 g/mol. The number of rotatable bonds is 5. The predicted octanol–water partition coefficient (Wildman–Crippen LogP) is 2.50. The molecule has 1 unspecified atom stereocenters. The highest BCUT2D eigenvalue weighted by Crippen LogP contribution is 2.23. The molecule has 3 aromatic rings. The molecule has 144 valence electrons. The molecule has 2 aromatic heterocycles. The van der Waals surface area contributed by atoms with Crippen LogP contribution in [0.5, 0.6) is 0 Å². The van der Waals surface area contributed by atoms with Crippen LogP contribution >= 0.6 is 0 Å². The Balaban J connectivity index is 1.42. The van der Waals surface area contributed by atoms with Crippen molar-refractivity contribution in [2.45, 2.75) is 19.3 Å². The van der Waals surface area contributed by atoms with Crippen molar-refractivity contribution in [2.24, 2.45) is 0 Å². The minimum atomic E-state index is -0.0711. The number of anilines is 1. The Bertz CT molecular complexity index is 904. The van der Waals surface area contributed by atoms with E-state index in [2.05, 4.69) is 26.9 Å². The van der Waals surface area contributed by atoms with Gasteiger partial charge in [0.25, 0.3) is 0 Å². The van der Waals surface area contributed by atoms with Crippen LogP contribution in [0.4, 0.5) is 5.82 Å². The van der Waals surface area contributed by atoms with Crippen molar-refractivity contribution >= 4 is 11.7 Å². The van der Waals surface area contributed by atoms with Crippen molar-refractivity contribution in [3.8, 4) is 5.82 Å². The topological polar surface area (TPSA) is 67.2 Å². The van der Waals surface area contributed by atoms with E-state index >= 15 is 0 Å². The summed E-state index contributed by atoms with van der Waals surface area (Å²) in [4.78, 5) is 25.9. The van der Waals surface area contributed by atoms with Gasteiger partial charge < -0.3 is 9.80 Å². The number of piperazine rings is 1.